The first-order chi connectivity index (χ1) is 18.0. The highest BCUT2D eigenvalue weighted by Crippen LogP contribution is 2.44. The van der Waals surface area contributed by atoms with Gasteiger partial charge in [-0.3, -0.25) is 9.69 Å². The molecule has 0 saturated heterocycles. The molecule has 6 heteroatoms. The summed E-state index contributed by atoms with van der Waals surface area (Å²) in [5.74, 6) is 1.07. The number of halogens is 1. The highest BCUT2D eigenvalue weighted by molar-refractivity contribution is 6.09. The highest BCUT2D eigenvalue weighted by atomic mass is 19.1. The summed E-state index contributed by atoms with van der Waals surface area (Å²) >= 11 is 0. The molecule has 37 heavy (non-hydrogen) atoms. The normalized spacial score (nSPS) is 14.2. The van der Waals surface area contributed by atoms with E-state index in [1.54, 1.807) is 12.1 Å². The summed E-state index contributed by atoms with van der Waals surface area (Å²) in [7, 11) is 0. The van der Waals surface area contributed by atoms with E-state index in [0.717, 1.165) is 52.7 Å². The monoisotopic (exact) mass is 496 g/mol. The Bertz CT molecular complexity index is 1480. The second-order valence-corrected chi connectivity index (χ2v) is 9.65. The van der Waals surface area contributed by atoms with Crippen LogP contribution in [0.4, 0.5) is 4.39 Å². The number of hydrogen-bond donors (Lipinski definition) is 0. The van der Waals surface area contributed by atoms with E-state index in [2.05, 4.69) is 43.0 Å². The van der Waals surface area contributed by atoms with Gasteiger partial charge in [-0.1, -0.05) is 50.2 Å². The average molecular weight is 497 g/mol. The highest BCUT2D eigenvalue weighted by Gasteiger charge is 2.32. The molecule has 0 aromatic heterocycles. The molecule has 0 radical (unpaired) electrons. The first-order valence-electron chi connectivity index (χ1n) is 12.8. The number of rotatable bonds is 7. The molecule has 6 rings (SSSR count). The molecule has 5 nitrogen and oxygen atoms in total. The minimum Gasteiger partial charge on any atom is -0.454 e. The quantitative estimate of drug-likeness (QED) is 0.298. The van der Waals surface area contributed by atoms with Gasteiger partial charge in [-0.05, 0) is 82.0 Å². The summed E-state index contributed by atoms with van der Waals surface area (Å²) in [4.78, 5) is 17.9. The number of fused-ring (bicyclic) bond motifs is 3. The van der Waals surface area contributed by atoms with Crippen molar-refractivity contribution >= 4 is 16.7 Å². The third-order valence-corrected chi connectivity index (χ3v) is 7.44. The fourth-order valence-electron chi connectivity index (χ4n) is 5.37. The molecular formula is C31H29FN2O3. The van der Waals surface area contributed by atoms with E-state index in [0.29, 0.717) is 30.2 Å². The first-order valence-corrected chi connectivity index (χ1v) is 12.8. The zero-order valence-corrected chi connectivity index (χ0v) is 21.1. The van der Waals surface area contributed by atoms with Crippen LogP contribution in [0.5, 0.6) is 11.5 Å². The summed E-state index contributed by atoms with van der Waals surface area (Å²) < 4.78 is 25.0. The zero-order chi connectivity index (χ0) is 25.5. The number of ether oxygens (including phenoxy) is 2. The molecule has 2 aliphatic rings. The van der Waals surface area contributed by atoms with Gasteiger partial charge >= 0.3 is 0 Å². The van der Waals surface area contributed by atoms with Gasteiger partial charge < -0.3 is 14.4 Å². The molecule has 0 bridgehead atoms. The number of carbonyl (C=O) groups excluding carboxylic acids is 1. The van der Waals surface area contributed by atoms with E-state index in [4.69, 9.17) is 9.47 Å². The average Bonchev–Trinajstić information content (AvgIpc) is 3.50. The Labute approximate surface area is 216 Å². The largest absolute Gasteiger partial charge is 0.454 e. The van der Waals surface area contributed by atoms with Crippen LogP contribution in [0.2, 0.25) is 0 Å². The smallest absolute Gasteiger partial charge is 0.254 e. The lowest BCUT2D eigenvalue weighted by atomic mass is 9.90. The fourth-order valence-corrected chi connectivity index (χ4v) is 5.37. The van der Waals surface area contributed by atoms with E-state index in [1.807, 2.05) is 23.1 Å². The second-order valence-electron chi connectivity index (χ2n) is 9.65. The predicted molar refractivity (Wildman–Crippen MR) is 142 cm³/mol. The maximum Gasteiger partial charge on any atom is 0.254 e. The van der Waals surface area contributed by atoms with Gasteiger partial charge in [0.1, 0.15) is 5.82 Å². The second kappa shape index (κ2) is 9.52. The predicted octanol–water partition coefficient (Wildman–Crippen LogP) is 6.37. The minimum atomic E-state index is -0.291. The van der Waals surface area contributed by atoms with Gasteiger partial charge in [0.25, 0.3) is 5.91 Å². The lowest BCUT2D eigenvalue weighted by Gasteiger charge is -2.19. The van der Waals surface area contributed by atoms with Gasteiger partial charge in [0.2, 0.25) is 6.79 Å². The molecule has 0 aliphatic carbocycles. The molecule has 0 saturated carbocycles. The van der Waals surface area contributed by atoms with E-state index < -0.39 is 0 Å². The van der Waals surface area contributed by atoms with Crippen LogP contribution in [0.3, 0.4) is 0 Å². The Kier molecular flexibility index (Phi) is 6.05. The van der Waals surface area contributed by atoms with E-state index >= 15 is 0 Å². The topological polar surface area (TPSA) is 42.0 Å². The number of benzene rings is 4. The lowest BCUT2D eigenvalue weighted by Crippen LogP contribution is -2.23. The standard InChI is InChI=1S/C31H29FN2O3/c1-3-33(4-2)16-20-5-7-21(8-6-20)17-34-18-27-26(31(34)35)13-23-14-28-29(37-19-36-28)15-25(23)30(27)22-9-11-24(32)12-10-22/h5-15H,3-4,16-19H2,1-2H3. The van der Waals surface area contributed by atoms with Crippen LogP contribution < -0.4 is 9.47 Å². The van der Waals surface area contributed by atoms with E-state index in [9.17, 15) is 9.18 Å². The number of carbonyl (C=O) groups is 1. The van der Waals surface area contributed by atoms with Crippen molar-refractivity contribution < 1.29 is 18.7 Å². The van der Waals surface area contributed by atoms with Gasteiger partial charge in [0, 0.05) is 25.2 Å². The molecule has 0 fully saturated rings. The van der Waals surface area contributed by atoms with Gasteiger partial charge in [-0.15, -0.1) is 0 Å². The molecule has 0 unspecified atom stereocenters. The maximum atomic E-state index is 13.8. The summed E-state index contributed by atoms with van der Waals surface area (Å²) in [6.45, 7) is 8.50. The van der Waals surface area contributed by atoms with Crippen molar-refractivity contribution in [2.24, 2.45) is 0 Å². The van der Waals surface area contributed by atoms with Crippen molar-refractivity contribution in [3.63, 3.8) is 0 Å². The van der Waals surface area contributed by atoms with Crippen molar-refractivity contribution in [2.75, 3.05) is 19.9 Å². The van der Waals surface area contributed by atoms with Crippen LogP contribution in [0, 0.1) is 5.82 Å². The Morgan fingerprint density at radius 3 is 2.27 bits per heavy atom. The van der Waals surface area contributed by atoms with Crippen LogP contribution in [0.1, 0.15) is 40.9 Å². The zero-order valence-electron chi connectivity index (χ0n) is 21.1. The Morgan fingerprint density at radius 1 is 0.892 bits per heavy atom. The number of nitrogens with zero attached hydrogens (tertiary/aromatic N) is 2. The first kappa shape index (κ1) is 23.5. The summed E-state index contributed by atoms with van der Waals surface area (Å²) in [6.07, 6.45) is 0. The summed E-state index contributed by atoms with van der Waals surface area (Å²) in [5, 5.41) is 1.86. The lowest BCUT2D eigenvalue weighted by molar-refractivity contribution is 0.0767. The number of hydrogen-bond acceptors (Lipinski definition) is 4. The molecule has 0 spiro atoms. The maximum absolute atomic E-state index is 13.8. The molecular weight excluding hydrogens is 467 g/mol. The van der Waals surface area contributed by atoms with Crippen molar-refractivity contribution in [1.29, 1.82) is 0 Å². The van der Waals surface area contributed by atoms with Gasteiger partial charge in [-0.25, -0.2) is 4.39 Å². The Hall–Kier alpha value is -3.90. The van der Waals surface area contributed by atoms with Crippen LogP contribution in [0.15, 0.2) is 66.7 Å². The van der Waals surface area contributed by atoms with Gasteiger partial charge in [0.15, 0.2) is 11.5 Å². The van der Waals surface area contributed by atoms with Crippen molar-refractivity contribution in [1.82, 2.24) is 9.80 Å². The van der Waals surface area contributed by atoms with E-state index in [1.165, 1.54) is 17.7 Å². The van der Waals surface area contributed by atoms with Crippen molar-refractivity contribution in [3.05, 3.63) is 94.8 Å². The molecule has 0 N–H and O–H groups in total. The van der Waals surface area contributed by atoms with Gasteiger partial charge in [-0.2, -0.15) is 0 Å². The van der Waals surface area contributed by atoms with Crippen LogP contribution in [-0.2, 0) is 19.6 Å². The SMILES string of the molecule is CCN(CC)Cc1ccc(CN2Cc3c(cc4cc5c(cc4c3-c3ccc(F)cc3)OCO5)C2=O)cc1. The Balaban J connectivity index is 1.36. The molecule has 4 aromatic carbocycles. The van der Waals surface area contributed by atoms with Crippen LogP contribution in [-0.4, -0.2) is 35.6 Å². The van der Waals surface area contributed by atoms with Crippen molar-refractivity contribution in [2.45, 2.75) is 33.5 Å². The van der Waals surface area contributed by atoms with Crippen LogP contribution >= 0.6 is 0 Å². The molecule has 1 amide bonds. The summed E-state index contributed by atoms with van der Waals surface area (Å²) in [5.41, 5.74) is 5.82. The molecule has 188 valence electrons. The third-order valence-electron chi connectivity index (χ3n) is 7.44. The molecule has 4 aromatic rings. The minimum absolute atomic E-state index is 0.00476. The molecule has 0 atom stereocenters. The summed E-state index contributed by atoms with van der Waals surface area (Å²) in [6, 6.07) is 20.9. The Morgan fingerprint density at radius 2 is 1.57 bits per heavy atom. The third kappa shape index (κ3) is 4.31. The van der Waals surface area contributed by atoms with Crippen LogP contribution in [0.25, 0.3) is 21.9 Å². The fraction of sp³-hybridized carbons (Fsp3) is 0.258. The van der Waals surface area contributed by atoms with E-state index in [-0.39, 0.29) is 18.5 Å². The molecule has 2 aliphatic heterocycles. The van der Waals surface area contributed by atoms with Gasteiger partial charge in [0.05, 0.1) is 0 Å². The molecule has 2 heterocycles. The van der Waals surface area contributed by atoms with Crippen molar-refractivity contribution in [3.8, 4) is 22.6 Å². The number of amides is 1.